The molecule has 0 spiro atoms. The van der Waals surface area contributed by atoms with Crippen molar-refractivity contribution in [2.45, 2.75) is 13.3 Å². The molecule has 0 unspecified atom stereocenters. The zero-order valence-electron chi connectivity index (χ0n) is 8.85. The molecule has 15 heavy (non-hydrogen) atoms. The van der Waals surface area contributed by atoms with Gasteiger partial charge in [-0.2, -0.15) is 0 Å². The first-order valence-electron chi connectivity index (χ1n) is 4.89. The van der Waals surface area contributed by atoms with Crippen LogP contribution in [-0.4, -0.2) is 18.3 Å². The monoisotopic (exact) mass is 204 g/mol. The largest absolute Gasteiger partial charge is 0.370 e. The highest BCUT2D eigenvalue weighted by atomic mass is 15.0. The van der Waals surface area contributed by atoms with Gasteiger partial charge < -0.3 is 11.5 Å². The van der Waals surface area contributed by atoms with Crippen LogP contribution in [0, 0.1) is 0 Å². The summed E-state index contributed by atoms with van der Waals surface area (Å²) in [4.78, 5) is 8.21. The minimum atomic E-state index is 0.0538. The number of rotatable bonds is 3. The molecule has 1 rings (SSSR count). The van der Waals surface area contributed by atoms with Gasteiger partial charge in [-0.1, -0.05) is 30.3 Å². The Morgan fingerprint density at radius 1 is 1.20 bits per heavy atom. The molecule has 0 saturated heterocycles. The Labute approximate surface area is 89.7 Å². The Bertz CT molecular complexity index is 350. The van der Waals surface area contributed by atoms with E-state index >= 15 is 0 Å². The quantitative estimate of drug-likeness (QED) is 0.567. The van der Waals surface area contributed by atoms with Crippen LogP contribution in [-0.2, 0) is 6.42 Å². The Kier molecular flexibility index (Phi) is 4.34. The third kappa shape index (κ3) is 4.26. The van der Waals surface area contributed by atoms with Gasteiger partial charge in [0.1, 0.15) is 5.84 Å². The first-order valence-corrected chi connectivity index (χ1v) is 4.89. The maximum absolute atomic E-state index is 5.32. The summed E-state index contributed by atoms with van der Waals surface area (Å²) in [5, 5.41) is 0. The van der Waals surface area contributed by atoms with Gasteiger partial charge in [-0.3, -0.25) is 4.99 Å². The number of hydrogen-bond donors (Lipinski definition) is 2. The first kappa shape index (κ1) is 11.2. The molecule has 0 aromatic heterocycles. The Hall–Kier alpha value is -1.84. The van der Waals surface area contributed by atoms with E-state index in [0.29, 0.717) is 18.8 Å². The lowest BCUT2D eigenvalue weighted by Gasteiger charge is -2.01. The number of benzene rings is 1. The van der Waals surface area contributed by atoms with Gasteiger partial charge in [0.25, 0.3) is 0 Å². The maximum Gasteiger partial charge on any atom is 0.192 e. The van der Waals surface area contributed by atoms with Crippen molar-refractivity contribution >= 4 is 11.8 Å². The van der Waals surface area contributed by atoms with E-state index in [9.17, 15) is 0 Å². The molecule has 4 N–H and O–H groups in total. The number of hydrogen-bond acceptors (Lipinski definition) is 1. The fourth-order valence-corrected chi connectivity index (χ4v) is 1.24. The van der Waals surface area contributed by atoms with Crippen molar-refractivity contribution in [3.05, 3.63) is 35.9 Å². The predicted molar refractivity (Wildman–Crippen MR) is 63.9 cm³/mol. The van der Waals surface area contributed by atoms with Gasteiger partial charge >= 0.3 is 0 Å². The molecule has 1 aromatic carbocycles. The van der Waals surface area contributed by atoms with Crippen LogP contribution in [0.3, 0.4) is 0 Å². The van der Waals surface area contributed by atoms with Crippen LogP contribution in [0.1, 0.15) is 12.5 Å². The van der Waals surface area contributed by atoms with Crippen molar-refractivity contribution in [2.75, 3.05) is 6.54 Å². The molecular formula is C11H16N4. The molecule has 0 aliphatic carbocycles. The number of nitrogens with two attached hydrogens (primary N) is 2. The summed E-state index contributed by atoms with van der Waals surface area (Å²) in [5.74, 6) is 0.724. The molecule has 0 saturated carbocycles. The van der Waals surface area contributed by atoms with Crippen molar-refractivity contribution in [2.24, 2.45) is 21.5 Å². The van der Waals surface area contributed by atoms with Crippen LogP contribution in [0.5, 0.6) is 0 Å². The third-order valence-electron chi connectivity index (χ3n) is 1.80. The number of aliphatic imine (C=N–C) groups is 2. The van der Waals surface area contributed by atoms with Crippen molar-refractivity contribution in [1.29, 1.82) is 0 Å². The van der Waals surface area contributed by atoms with E-state index in [0.717, 1.165) is 5.56 Å². The second-order valence-electron chi connectivity index (χ2n) is 3.09. The lowest BCUT2D eigenvalue weighted by molar-refractivity contribution is 1.09. The van der Waals surface area contributed by atoms with Crippen LogP contribution in [0.2, 0.25) is 0 Å². The van der Waals surface area contributed by atoms with Crippen LogP contribution >= 0.6 is 0 Å². The summed E-state index contributed by atoms with van der Waals surface area (Å²) in [6.45, 7) is 2.63. The highest BCUT2D eigenvalue weighted by Crippen LogP contribution is 2.01. The van der Waals surface area contributed by atoms with Crippen molar-refractivity contribution < 1.29 is 0 Å². The third-order valence-corrected chi connectivity index (χ3v) is 1.80. The highest BCUT2D eigenvalue weighted by molar-refractivity contribution is 5.95. The molecule has 0 amide bonds. The number of guanidine groups is 1. The fourth-order valence-electron chi connectivity index (χ4n) is 1.24. The molecule has 4 heteroatoms. The summed E-state index contributed by atoms with van der Waals surface area (Å²) < 4.78 is 0. The van der Waals surface area contributed by atoms with Crippen LogP contribution in [0.15, 0.2) is 40.3 Å². The van der Waals surface area contributed by atoms with Crippen LogP contribution in [0.4, 0.5) is 0 Å². The summed E-state index contributed by atoms with van der Waals surface area (Å²) in [6, 6.07) is 9.98. The molecule has 1 aromatic rings. The van der Waals surface area contributed by atoms with Gasteiger partial charge in [0.2, 0.25) is 0 Å². The average Bonchev–Trinajstić information content (AvgIpc) is 2.18. The lowest BCUT2D eigenvalue weighted by atomic mass is 10.1. The van der Waals surface area contributed by atoms with E-state index in [1.165, 1.54) is 0 Å². The Morgan fingerprint density at radius 2 is 1.87 bits per heavy atom. The first-order chi connectivity index (χ1) is 7.22. The van der Waals surface area contributed by atoms with E-state index in [1.54, 1.807) is 0 Å². The van der Waals surface area contributed by atoms with E-state index in [4.69, 9.17) is 11.5 Å². The normalized spacial score (nSPS) is 11.1. The number of nitrogens with zero attached hydrogens (tertiary/aromatic N) is 2. The predicted octanol–water partition coefficient (Wildman–Crippen LogP) is 0.921. The van der Waals surface area contributed by atoms with Crippen molar-refractivity contribution in [3.8, 4) is 0 Å². The van der Waals surface area contributed by atoms with E-state index in [1.807, 2.05) is 37.3 Å². The summed E-state index contributed by atoms with van der Waals surface area (Å²) in [6.07, 6.45) is 0.659. The SMILES string of the molecule is CCN=C(Cc1ccccc1)N=C(N)N. The van der Waals surface area contributed by atoms with E-state index in [-0.39, 0.29) is 5.96 Å². The fraction of sp³-hybridized carbons (Fsp3) is 0.273. The average molecular weight is 204 g/mol. The van der Waals surface area contributed by atoms with Crippen LogP contribution in [0.25, 0.3) is 0 Å². The van der Waals surface area contributed by atoms with Crippen molar-refractivity contribution in [3.63, 3.8) is 0 Å². The molecule has 0 atom stereocenters. The minimum absolute atomic E-state index is 0.0538. The number of amidine groups is 1. The molecule has 0 radical (unpaired) electrons. The van der Waals surface area contributed by atoms with Gasteiger partial charge in [-0.25, -0.2) is 4.99 Å². The molecule has 80 valence electrons. The zero-order chi connectivity index (χ0) is 11.1. The van der Waals surface area contributed by atoms with Gasteiger partial charge in [-0.15, -0.1) is 0 Å². The molecular weight excluding hydrogens is 188 g/mol. The van der Waals surface area contributed by atoms with Crippen LogP contribution < -0.4 is 11.5 Å². The summed E-state index contributed by atoms with van der Waals surface area (Å²) in [7, 11) is 0. The van der Waals surface area contributed by atoms with Crippen molar-refractivity contribution in [1.82, 2.24) is 0 Å². The molecule has 0 bridgehead atoms. The highest BCUT2D eigenvalue weighted by Gasteiger charge is 1.99. The Balaban J connectivity index is 2.77. The second kappa shape index (κ2) is 5.80. The standard InChI is InChI=1S/C11H16N4/c1-2-14-10(15-11(12)13)8-9-6-4-3-5-7-9/h3-7H,2,8H2,1H3,(H4,12,13,14,15). The smallest absolute Gasteiger partial charge is 0.192 e. The van der Waals surface area contributed by atoms with E-state index < -0.39 is 0 Å². The van der Waals surface area contributed by atoms with E-state index in [2.05, 4.69) is 9.98 Å². The minimum Gasteiger partial charge on any atom is -0.370 e. The van der Waals surface area contributed by atoms with Gasteiger partial charge in [-0.05, 0) is 12.5 Å². The van der Waals surface area contributed by atoms with Gasteiger partial charge in [0, 0.05) is 13.0 Å². The lowest BCUT2D eigenvalue weighted by Crippen LogP contribution is -2.24. The molecule has 0 fully saturated rings. The zero-order valence-corrected chi connectivity index (χ0v) is 8.85. The molecule has 0 heterocycles. The van der Waals surface area contributed by atoms with Gasteiger partial charge in [0.15, 0.2) is 5.96 Å². The maximum atomic E-state index is 5.32. The molecule has 0 aliphatic rings. The molecule has 0 aliphatic heterocycles. The molecule has 4 nitrogen and oxygen atoms in total. The Morgan fingerprint density at radius 3 is 2.40 bits per heavy atom. The van der Waals surface area contributed by atoms with Gasteiger partial charge in [0.05, 0.1) is 0 Å². The summed E-state index contributed by atoms with van der Waals surface area (Å²) >= 11 is 0. The second-order valence-corrected chi connectivity index (χ2v) is 3.09. The summed E-state index contributed by atoms with van der Waals surface area (Å²) in [5.41, 5.74) is 11.8. The topological polar surface area (TPSA) is 76.8 Å².